The minimum atomic E-state index is -3.74. The van der Waals surface area contributed by atoms with Crippen LogP contribution in [0.25, 0.3) is 0 Å². The summed E-state index contributed by atoms with van der Waals surface area (Å²) in [6.07, 6.45) is 1.96. The van der Waals surface area contributed by atoms with Crippen LogP contribution in [0.15, 0.2) is 58.4 Å². The molecule has 0 atom stereocenters. The zero-order chi connectivity index (χ0) is 23.3. The Bertz CT molecular complexity index is 1240. The number of aromatic nitrogens is 1. The van der Waals surface area contributed by atoms with Gasteiger partial charge in [-0.1, -0.05) is 24.3 Å². The topological polar surface area (TPSA) is 167 Å². The van der Waals surface area contributed by atoms with Crippen LogP contribution in [0.3, 0.4) is 0 Å². The molecule has 33 heavy (non-hydrogen) atoms. The Kier molecular flexibility index (Phi) is 8.94. The van der Waals surface area contributed by atoms with Crippen molar-refractivity contribution in [2.24, 2.45) is 21.6 Å². The van der Waals surface area contributed by atoms with E-state index in [9.17, 15) is 13.2 Å². The molecule has 1 heterocycles. The quantitative estimate of drug-likeness (QED) is 0.269. The van der Waals surface area contributed by atoms with Gasteiger partial charge in [0.2, 0.25) is 15.9 Å². The molecule has 0 unspecified atom stereocenters. The number of nitrogens with one attached hydrogen (secondary N) is 1. The SMILES string of the molecule is CC(=O)Nc1nc(CCc2ccc(N=C(N)N)cc2)c(Cc2ccc(S(N)(=O)=O)cc2)s1.Cl. The third-order valence-electron chi connectivity index (χ3n) is 4.52. The number of nitrogens with zero attached hydrogens (tertiary/aromatic N) is 2. The Morgan fingerprint density at radius 3 is 2.18 bits per heavy atom. The second-order valence-electron chi connectivity index (χ2n) is 7.14. The molecule has 0 aliphatic heterocycles. The molecule has 0 radical (unpaired) electrons. The van der Waals surface area contributed by atoms with Crippen LogP contribution in [0.5, 0.6) is 0 Å². The average molecular weight is 509 g/mol. The van der Waals surface area contributed by atoms with E-state index in [1.807, 2.05) is 24.3 Å². The zero-order valence-corrected chi connectivity index (χ0v) is 20.3. The average Bonchev–Trinajstić information content (AvgIpc) is 3.07. The molecule has 3 rings (SSSR count). The molecule has 0 fully saturated rings. The highest BCUT2D eigenvalue weighted by Crippen LogP contribution is 2.27. The molecule has 0 aliphatic rings. The second-order valence-corrected chi connectivity index (χ2v) is 9.78. The number of rotatable bonds is 8. The van der Waals surface area contributed by atoms with Gasteiger partial charge in [0, 0.05) is 18.2 Å². The molecule has 12 heteroatoms. The van der Waals surface area contributed by atoms with Crippen molar-refractivity contribution in [1.29, 1.82) is 0 Å². The number of carbonyl (C=O) groups excluding carboxylic acids is 1. The first-order chi connectivity index (χ1) is 15.1. The van der Waals surface area contributed by atoms with Crippen LogP contribution in [0.2, 0.25) is 0 Å². The van der Waals surface area contributed by atoms with E-state index in [0.717, 1.165) is 28.1 Å². The van der Waals surface area contributed by atoms with Gasteiger partial charge in [-0.2, -0.15) is 0 Å². The van der Waals surface area contributed by atoms with Crippen LogP contribution in [-0.4, -0.2) is 25.3 Å². The summed E-state index contributed by atoms with van der Waals surface area (Å²) in [6.45, 7) is 1.44. The minimum absolute atomic E-state index is 0. The zero-order valence-electron chi connectivity index (χ0n) is 17.8. The van der Waals surface area contributed by atoms with Gasteiger partial charge in [0.05, 0.1) is 16.3 Å². The van der Waals surface area contributed by atoms with Crippen molar-refractivity contribution in [2.45, 2.75) is 31.1 Å². The van der Waals surface area contributed by atoms with Crippen molar-refractivity contribution >= 4 is 56.5 Å². The van der Waals surface area contributed by atoms with E-state index >= 15 is 0 Å². The lowest BCUT2D eigenvalue weighted by Crippen LogP contribution is -2.21. The van der Waals surface area contributed by atoms with Crippen molar-refractivity contribution in [1.82, 2.24) is 4.98 Å². The molecule has 3 aromatic rings. The maximum atomic E-state index is 11.5. The highest BCUT2D eigenvalue weighted by atomic mass is 35.5. The number of guanidine groups is 1. The molecule has 0 aliphatic carbocycles. The van der Waals surface area contributed by atoms with Crippen molar-refractivity contribution < 1.29 is 13.2 Å². The molecule has 7 N–H and O–H groups in total. The number of amides is 1. The summed E-state index contributed by atoms with van der Waals surface area (Å²) < 4.78 is 22.9. The predicted octanol–water partition coefficient (Wildman–Crippen LogP) is 2.45. The standard InChI is InChI=1S/C21H24N6O3S2.ClH/c1-13(28)25-21-27-18(11-6-14-2-7-16(8-3-14)26-20(22)23)19(31-21)12-15-4-9-17(10-5-15)32(24,29)30;/h2-5,7-10H,6,11-12H2,1H3,(H4,22,23,26)(H2,24,29,30)(H,25,27,28);1H. The summed E-state index contributed by atoms with van der Waals surface area (Å²) in [5.74, 6) is -0.183. The number of halogens is 1. The molecular weight excluding hydrogens is 484 g/mol. The number of aryl methyl sites for hydroxylation is 2. The summed E-state index contributed by atoms with van der Waals surface area (Å²) in [5.41, 5.74) is 14.4. The van der Waals surface area contributed by atoms with E-state index in [1.165, 1.54) is 30.4 Å². The number of hydrogen-bond acceptors (Lipinski definition) is 6. The van der Waals surface area contributed by atoms with E-state index in [4.69, 9.17) is 16.6 Å². The number of thiazole rings is 1. The van der Waals surface area contributed by atoms with Gasteiger partial charge in [-0.3, -0.25) is 4.79 Å². The number of sulfonamides is 1. The molecule has 1 aromatic heterocycles. The molecule has 9 nitrogen and oxygen atoms in total. The molecule has 1 amide bonds. The van der Waals surface area contributed by atoms with Crippen molar-refractivity contribution in [3.63, 3.8) is 0 Å². The van der Waals surface area contributed by atoms with Gasteiger partial charge < -0.3 is 16.8 Å². The summed E-state index contributed by atoms with van der Waals surface area (Å²) in [4.78, 5) is 21.1. The Balaban J connectivity index is 0.00000385. The Hall–Kier alpha value is -2.99. The maximum Gasteiger partial charge on any atom is 0.238 e. The summed E-state index contributed by atoms with van der Waals surface area (Å²) in [5, 5.41) is 8.44. The van der Waals surface area contributed by atoms with Gasteiger partial charge >= 0.3 is 0 Å². The fourth-order valence-electron chi connectivity index (χ4n) is 3.05. The summed E-state index contributed by atoms with van der Waals surface area (Å²) >= 11 is 1.41. The number of carbonyl (C=O) groups is 1. The third kappa shape index (κ3) is 7.82. The molecule has 0 saturated heterocycles. The van der Waals surface area contributed by atoms with E-state index in [-0.39, 0.29) is 29.2 Å². The van der Waals surface area contributed by atoms with Gasteiger partial charge in [-0.25, -0.2) is 23.5 Å². The van der Waals surface area contributed by atoms with Crippen molar-refractivity contribution in [2.75, 3.05) is 5.32 Å². The first-order valence-electron chi connectivity index (χ1n) is 9.66. The second kappa shape index (κ2) is 11.2. The van der Waals surface area contributed by atoms with Crippen LogP contribution >= 0.6 is 23.7 Å². The van der Waals surface area contributed by atoms with Gasteiger partial charge in [0.25, 0.3) is 0 Å². The van der Waals surface area contributed by atoms with Crippen LogP contribution in [0.1, 0.15) is 28.6 Å². The molecular formula is C21H25ClN6O3S2. The van der Waals surface area contributed by atoms with E-state index in [0.29, 0.717) is 23.7 Å². The van der Waals surface area contributed by atoms with Gasteiger partial charge in [0.1, 0.15) is 0 Å². The fraction of sp³-hybridized carbons (Fsp3) is 0.190. The monoisotopic (exact) mass is 508 g/mol. The maximum absolute atomic E-state index is 11.5. The lowest BCUT2D eigenvalue weighted by atomic mass is 10.0. The highest BCUT2D eigenvalue weighted by molar-refractivity contribution is 7.89. The molecule has 2 aromatic carbocycles. The van der Waals surface area contributed by atoms with Gasteiger partial charge in [0.15, 0.2) is 11.1 Å². The Morgan fingerprint density at radius 1 is 1.03 bits per heavy atom. The smallest absolute Gasteiger partial charge is 0.238 e. The normalized spacial score (nSPS) is 10.8. The number of aliphatic imine (C=N–C) groups is 1. The molecule has 0 saturated carbocycles. The number of nitrogens with two attached hydrogens (primary N) is 3. The van der Waals surface area contributed by atoms with Crippen LogP contribution in [0, 0.1) is 0 Å². The number of anilines is 1. The van der Waals surface area contributed by atoms with Gasteiger partial charge in [-0.05, 0) is 48.2 Å². The Morgan fingerprint density at radius 2 is 1.64 bits per heavy atom. The summed E-state index contributed by atoms with van der Waals surface area (Å²) in [7, 11) is -3.74. The van der Waals surface area contributed by atoms with E-state index in [2.05, 4.69) is 15.3 Å². The van der Waals surface area contributed by atoms with Crippen molar-refractivity contribution in [3.05, 3.63) is 70.2 Å². The van der Waals surface area contributed by atoms with Crippen LogP contribution < -0.4 is 21.9 Å². The van der Waals surface area contributed by atoms with Crippen LogP contribution in [0.4, 0.5) is 10.8 Å². The third-order valence-corrected chi connectivity index (χ3v) is 6.47. The lowest BCUT2D eigenvalue weighted by molar-refractivity contribution is -0.114. The van der Waals surface area contributed by atoms with E-state index in [1.54, 1.807) is 12.1 Å². The van der Waals surface area contributed by atoms with E-state index < -0.39 is 10.0 Å². The predicted molar refractivity (Wildman–Crippen MR) is 134 cm³/mol. The van der Waals surface area contributed by atoms with Crippen LogP contribution in [-0.2, 0) is 34.1 Å². The lowest BCUT2D eigenvalue weighted by Gasteiger charge is -2.05. The number of hydrogen-bond donors (Lipinski definition) is 4. The molecule has 176 valence electrons. The number of primary sulfonamides is 1. The van der Waals surface area contributed by atoms with Gasteiger partial charge in [-0.15, -0.1) is 23.7 Å². The summed E-state index contributed by atoms with van der Waals surface area (Å²) in [6, 6.07) is 14.0. The Labute approximate surface area is 202 Å². The molecule has 0 bridgehead atoms. The van der Waals surface area contributed by atoms with Crippen molar-refractivity contribution in [3.8, 4) is 0 Å². The minimum Gasteiger partial charge on any atom is -0.370 e. The molecule has 0 spiro atoms. The largest absolute Gasteiger partial charge is 0.370 e. The highest BCUT2D eigenvalue weighted by Gasteiger charge is 2.14. The fourth-order valence-corrected chi connectivity index (χ4v) is 4.66. The first-order valence-corrected chi connectivity index (χ1v) is 12.0. The number of benzene rings is 2. The first kappa shape index (κ1) is 26.3.